The Hall–Kier alpha value is -5.28. The maximum absolute atomic E-state index is 13.4. The summed E-state index contributed by atoms with van der Waals surface area (Å²) in [6, 6.07) is 23.8. The summed E-state index contributed by atoms with van der Waals surface area (Å²) in [4.78, 5) is 47.7. The fourth-order valence-electron chi connectivity index (χ4n) is 8.01. The Kier molecular flexibility index (Phi) is 15.3. The van der Waals surface area contributed by atoms with Gasteiger partial charge in [-0.05, 0) is 92.7 Å². The first kappa shape index (κ1) is 48.2. The second-order valence-corrected chi connectivity index (χ2v) is 24.4. The number of fused-ring (bicyclic) bond motifs is 1. The van der Waals surface area contributed by atoms with Crippen molar-refractivity contribution in [1.82, 2.24) is 20.2 Å². The average Bonchev–Trinajstić information content (AvgIpc) is 3.73. The smallest absolute Gasteiger partial charge is 0.410 e. The van der Waals surface area contributed by atoms with Gasteiger partial charge in [-0.3, -0.25) is 9.59 Å². The van der Waals surface area contributed by atoms with E-state index in [1.165, 1.54) is 11.0 Å². The van der Waals surface area contributed by atoms with Crippen molar-refractivity contribution < 1.29 is 33.4 Å². The molecule has 344 valence electrons. The highest BCUT2D eigenvalue weighted by atomic mass is 28.4. The molecule has 0 aliphatic heterocycles. The number of anilines is 1. The van der Waals surface area contributed by atoms with Crippen molar-refractivity contribution in [2.45, 2.75) is 128 Å². The molecule has 13 nitrogen and oxygen atoms in total. The van der Waals surface area contributed by atoms with E-state index in [2.05, 4.69) is 54.5 Å². The number of pyridine rings is 1. The number of aromatic amines is 1. The van der Waals surface area contributed by atoms with Crippen molar-refractivity contribution >= 4 is 36.9 Å². The van der Waals surface area contributed by atoms with E-state index in [0.29, 0.717) is 36.5 Å². The fourth-order valence-corrected chi connectivity index (χ4v) is 9.29. The van der Waals surface area contributed by atoms with Crippen molar-refractivity contribution in [3.63, 3.8) is 0 Å². The highest BCUT2D eigenvalue weighted by Gasteiger charge is 2.45. The number of aliphatic hydroxyl groups is 1. The van der Waals surface area contributed by atoms with E-state index in [1.54, 1.807) is 39.1 Å². The number of aromatic hydroxyl groups is 1. The first-order valence-electron chi connectivity index (χ1n) is 22.6. The minimum Gasteiger partial charge on any atom is -0.506 e. The minimum absolute atomic E-state index is 0.00334. The molecule has 2 amide bonds. The minimum atomic E-state index is -2.25. The standard InChI is InChI=1S/C50H67N5O8Si/c1-48(2,3)62-47(59)55(29-27-38-32-52-46(61-38)50(60,35-15-11-9-12-16-35)36-17-13-10-14-18-36)30-28-44(58)53-37-21-19-34(20-22-37)31-51-33-42(63-64(7,8)49(4,5)6)39-23-25-41(56)45-40(39)24-26-43(57)54-45/h9,11-12,15-16,19-26,32,36,42,51,56,60H,10,13-14,17-18,27-31,33H2,1-8H3,(H,53,58)(H,54,57). The van der Waals surface area contributed by atoms with Gasteiger partial charge >= 0.3 is 6.09 Å². The number of aromatic nitrogens is 2. The second-order valence-electron chi connectivity index (χ2n) is 19.6. The molecule has 6 rings (SSSR count). The van der Waals surface area contributed by atoms with E-state index in [9.17, 15) is 24.6 Å². The molecule has 2 unspecified atom stereocenters. The molecule has 0 radical (unpaired) electrons. The predicted molar refractivity (Wildman–Crippen MR) is 253 cm³/mol. The van der Waals surface area contributed by atoms with Gasteiger partial charge in [0.1, 0.15) is 17.1 Å². The number of oxazole rings is 1. The predicted octanol–water partition coefficient (Wildman–Crippen LogP) is 9.70. The molecule has 0 saturated heterocycles. The Balaban J connectivity index is 1.06. The van der Waals surface area contributed by atoms with Gasteiger partial charge < -0.3 is 44.3 Å². The number of phenols is 1. The van der Waals surface area contributed by atoms with Gasteiger partial charge in [0.05, 0.1) is 17.8 Å². The van der Waals surface area contributed by atoms with Crippen LogP contribution in [0.2, 0.25) is 18.1 Å². The molecule has 1 fully saturated rings. The number of phenolic OH excluding ortho intramolecular Hbond substituents is 1. The topological polar surface area (TPSA) is 179 Å². The van der Waals surface area contributed by atoms with Crippen molar-refractivity contribution in [3.05, 3.63) is 124 Å². The maximum Gasteiger partial charge on any atom is 0.410 e. The monoisotopic (exact) mass is 893 g/mol. The maximum atomic E-state index is 13.4. The number of hydrogen-bond donors (Lipinski definition) is 5. The lowest BCUT2D eigenvalue weighted by molar-refractivity contribution is -0.116. The van der Waals surface area contributed by atoms with Crippen LogP contribution in [0.1, 0.15) is 115 Å². The highest BCUT2D eigenvalue weighted by molar-refractivity contribution is 6.74. The lowest BCUT2D eigenvalue weighted by Gasteiger charge is -2.39. The van der Waals surface area contributed by atoms with Crippen LogP contribution in [0, 0.1) is 5.92 Å². The Morgan fingerprint density at radius 3 is 2.31 bits per heavy atom. The van der Waals surface area contributed by atoms with Gasteiger partial charge in [0.2, 0.25) is 17.4 Å². The molecule has 0 bridgehead atoms. The zero-order chi connectivity index (χ0) is 46.3. The quantitative estimate of drug-likeness (QED) is 0.0565. The lowest BCUT2D eigenvalue weighted by Crippen LogP contribution is -2.43. The number of carbonyl (C=O) groups excluding carboxylic acids is 2. The van der Waals surface area contributed by atoms with Crippen LogP contribution in [0.3, 0.4) is 0 Å². The molecule has 3 aromatic carbocycles. The molecule has 64 heavy (non-hydrogen) atoms. The van der Waals surface area contributed by atoms with Gasteiger partial charge in [-0.2, -0.15) is 0 Å². The summed E-state index contributed by atoms with van der Waals surface area (Å²) in [6.07, 6.45) is 6.05. The molecule has 0 spiro atoms. The zero-order valence-electron chi connectivity index (χ0n) is 38.8. The summed E-state index contributed by atoms with van der Waals surface area (Å²) in [7, 11) is -2.25. The van der Waals surface area contributed by atoms with Crippen LogP contribution in [-0.4, -0.2) is 70.6 Å². The number of carbonyl (C=O) groups is 2. The van der Waals surface area contributed by atoms with Crippen LogP contribution < -0.4 is 16.2 Å². The third-order valence-electron chi connectivity index (χ3n) is 12.6. The van der Waals surface area contributed by atoms with Crippen LogP contribution in [-0.2, 0) is 32.5 Å². The van der Waals surface area contributed by atoms with E-state index in [4.69, 9.17) is 13.6 Å². The summed E-state index contributed by atoms with van der Waals surface area (Å²) in [5.41, 5.74) is 1.23. The molecule has 2 heterocycles. The summed E-state index contributed by atoms with van der Waals surface area (Å²) >= 11 is 0. The SMILES string of the molecule is CC(C)(C)OC(=O)N(CCC(=O)Nc1ccc(CNCC(O[Si](C)(C)C(C)(C)C)c2ccc(O)c3[nH]c(=O)ccc23)cc1)CCc1cnc(C(O)(c2ccccc2)C2CCCCC2)o1. The second kappa shape index (κ2) is 20.3. The van der Waals surface area contributed by atoms with Crippen LogP contribution in [0.15, 0.2) is 94.3 Å². The number of benzene rings is 3. The largest absolute Gasteiger partial charge is 0.506 e. The van der Waals surface area contributed by atoms with Gasteiger partial charge in [0, 0.05) is 62.1 Å². The van der Waals surface area contributed by atoms with Crippen molar-refractivity contribution in [2.75, 3.05) is 25.0 Å². The van der Waals surface area contributed by atoms with E-state index in [0.717, 1.165) is 54.2 Å². The Morgan fingerprint density at radius 2 is 1.64 bits per heavy atom. The average molecular weight is 894 g/mol. The Morgan fingerprint density at radius 1 is 0.938 bits per heavy atom. The first-order chi connectivity index (χ1) is 30.2. The number of amides is 2. The Labute approximate surface area is 378 Å². The van der Waals surface area contributed by atoms with Gasteiger partial charge in [-0.25, -0.2) is 9.78 Å². The van der Waals surface area contributed by atoms with Gasteiger partial charge in [0.25, 0.3) is 0 Å². The molecule has 5 N–H and O–H groups in total. The van der Waals surface area contributed by atoms with Crippen molar-refractivity contribution in [3.8, 4) is 5.75 Å². The number of nitrogens with zero attached hydrogens (tertiary/aromatic N) is 2. The molecule has 2 atom stereocenters. The number of H-pyrrole nitrogens is 1. The molecule has 1 aliphatic rings. The summed E-state index contributed by atoms with van der Waals surface area (Å²) in [5.74, 6) is 0.503. The van der Waals surface area contributed by atoms with E-state index in [1.807, 2.05) is 60.7 Å². The highest BCUT2D eigenvalue weighted by Crippen LogP contribution is 2.44. The van der Waals surface area contributed by atoms with Gasteiger partial charge in [-0.15, -0.1) is 0 Å². The molecule has 1 saturated carbocycles. The number of rotatable bonds is 17. The zero-order valence-corrected chi connectivity index (χ0v) is 39.8. The number of hydrogen-bond acceptors (Lipinski definition) is 10. The van der Waals surface area contributed by atoms with Gasteiger partial charge in [0.15, 0.2) is 13.9 Å². The van der Waals surface area contributed by atoms with Crippen LogP contribution in [0.25, 0.3) is 10.9 Å². The van der Waals surface area contributed by atoms with E-state index in [-0.39, 0.29) is 59.7 Å². The van der Waals surface area contributed by atoms with Crippen LogP contribution in [0.4, 0.5) is 10.5 Å². The third kappa shape index (κ3) is 12.1. The molecule has 5 aromatic rings. The van der Waals surface area contributed by atoms with Crippen molar-refractivity contribution in [2.24, 2.45) is 5.92 Å². The molecule has 1 aliphatic carbocycles. The summed E-state index contributed by atoms with van der Waals surface area (Å²) in [6.45, 7) is 17.7. The number of ether oxygens (including phenoxy) is 1. The van der Waals surface area contributed by atoms with Crippen LogP contribution in [0.5, 0.6) is 5.75 Å². The Bertz CT molecular complexity index is 2400. The molecular weight excluding hydrogens is 827 g/mol. The third-order valence-corrected chi connectivity index (χ3v) is 17.1. The molecule has 14 heteroatoms. The van der Waals surface area contributed by atoms with E-state index < -0.39 is 25.6 Å². The normalized spacial score (nSPS) is 15.4. The van der Waals surface area contributed by atoms with Gasteiger partial charge in [-0.1, -0.05) is 88.6 Å². The molecular formula is C50H67N5O8Si. The lowest BCUT2D eigenvalue weighted by atomic mass is 9.73. The van der Waals surface area contributed by atoms with E-state index >= 15 is 0 Å². The summed E-state index contributed by atoms with van der Waals surface area (Å²) < 4.78 is 18.9. The first-order valence-corrected chi connectivity index (χ1v) is 25.5. The number of nitrogens with one attached hydrogen (secondary N) is 3. The summed E-state index contributed by atoms with van der Waals surface area (Å²) in [5, 5.41) is 30.0. The van der Waals surface area contributed by atoms with Crippen LogP contribution >= 0.6 is 0 Å². The molecule has 2 aromatic heterocycles. The van der Waals surface area contributed by atoms with Crippen molar-refractivity contribution in [1.29, 1.82) is 0 Å². The fraction of sp³-hybridized carbons (Fsp3) is 0.480.